The van der Waals surface area contributed by atoms with Crippen LogP contribution in [0.15, 0.2) is 12.1 Å². The number of hydrogen-bond acceptors (Lipinski definition) is 6. The first-order valence-electron chi connectivity index (χ1n) is 6.25. The Hall–Kier alpha value is -2.18. The maximum Gasteiger partial charge on any atom is 0.325 e. The Labute approximate surface area is 118 Å². The van der Waals surface area contributed by atoms with Gasteiger partial charge >= 0.3 is 5.97 Å². The van der Waals surface area contributed by atoms with Gasteiger partial charge in [-0.1, -0.05) is 0 Å². The van der Waals surface area contributed by atoms with Crippen LogP contribution in [0.3, 0.4) is 0 Å². The first-order chi connectivity index (χ1) is 9.36. The predicted molar refractivity (Wildman–Crippen MR) is 74.5 cm³/mol. The van der Waals surface area contributed by atoms with Crippen molar-refractivity contribution < 1.29 is 14.3 Å². The fraction of sp³-hybridized carbons (Fsp3) is 0.538. The van der Waals surface area contributed by atoms with Crippen LogP contribution in [0.4, 0.5) is 5.82 Å². The van der Waals surface area contributed by atoms with Gasteiger partial charge in [0.2, 0.25) is 0 Å². The molecule has 0 aliphatic heterocycles. The quantitative estimate of drug-likeness (QED) is 0.734. The van der Waals surface area contributed by atoms with Crippen molar-refractivity contribution in [2.24, 2.45) is 0 Å². The van der Waals surface area contributed by atoms with E-state index in [-0.39, 0.29) is 30.2 Å². The molecule has 7 nitrogen and oxygen atoms in total. The van der Waals surface area contributed by atoms with Gasteiger partial charge in [-0.25, -0.2) is 0 Å². The van der Waals surface area contributed by atoms with Gasteiger partial charge in [0.15, 0.2) is 11.5 Å². The van der Waals surface area contributed by atoms with Gasteiger partial charge in [-0.15, -0.1) is 10.2 Å². The van der Waals surface area contributed by atoms with Gasteiger partial charge in [0.05, 0.1) is 7.11 Å². The van der Waals surface area contributed by atoms with Crippen LogP contribution < -0.4 is 4.90 Å². The molecule has 0 aliphatic carbocycles. The lowest BCUT2D eigenvalue weighted by molar-refractivity contribution is -0.139. The molecule has 0 N–H and O–H groups in total. The summed E-state index contributed by atoms with van der Waals surface area (Å²) < 4.78 is 4.66. The summed E-state index contributed by atoms with van der Waals surface area (Å²) in [7, 11) is 4.64. The smallest absolute Gasteiger partial charge is 0.325 e. The topological polar surface area (TPSA) is 75.6 Å². The standard InChI is InChI=1S/C13H20N4O3/c1-9(2)17(8-12(18)20-5)11-7-6-10(14-15-11)13(19)16(3)4/h6-7,9H,8H2,1-5H3. The largest absolute Gasteiger partial charge is 0.468 e. The third-order valence-corrected chi connectivity index (χ3v) is 2.72. The van der Waals surface area contributed by atoms with Crippen LogP contribution in [0.1, 0.15) is 24.3 Å². The van der Waals surface area contributed by atoms with E-state index in [0.29, 0.717) is 5.82 Å². The summed E-state index contributed by atoms with van der Waals surface area (Å²) in [6.45, 7) is 3.96. The molecule has 0 spiro atoms. The highest BCUT2D eigenvalue weighted by Gasteiger charge is 2.18. The number of hydrogen-bond donors (Lipinski definition) is 0. The molecule has 1 aromatic heterocycles. The highest BCUT2D eigenvalue weighted by molar-refractivity contribution is 5.91. The van der Waals surface area contributed by atoms with Crippen molar-refractivity contribution in [3.63, 3.8) is 0 Å². The first-order valence-corrected chi connectivity index (χ1v) is 6.25. The molecule has 1 rings (SSSR count). The Kier molecular flexibility index (Phi) is 5.42. The number of methoxy groups -OCH3 is 1. The second kappa shape index (κ2) is 6.83. The maximum absolute atomic E-state index is 11.7. The SMILES string of the molecule is COC(=O)CN(c1ccc(C(=O)N(C)C)nn1)C(C)C. The average molecular weight is 280 g/mol. The van der Waals surface area contributed by atoms with E-state index in [1.165, 1.54) is 12.0 Å². The highest BCUT2D eigenvalue weighted by atomic mass is 16.5. The molecule has 1 amide bonds. The number of carbonyl (C=O) groups excluding carboxylic acids is 2. The van der Waals surface area contributed by atoms with Crippen molar-refractivity contribution in [1.29, 1.82) is 0 Å². The molecule has 0 saturated heterocycles. The van der Waals surface area contributed by atoms with E-state index in [2.05, 4.69) is 14.9 Å². The van der Waals surface area contributed by atoms with E-state index in [0.717, 1.165) is 0 Å². The minimum Gasteiger partial charge on any atom is -0.468 e. The molecule has 0 fully saturated rings. The van der Waals surface area contributed by atoms with Crippen LogP contribution >= 0.6 is 0 Å². The van der Waals surface area contributed by atoms with E-state index in [4.69, 9.17) is 0 Å². The minimum absolute atomic E-state index is 0.0544. The molecule has 0 radical (unpaired) electrons. The maximum atomic E-state index is 11.7. The fourth-order valence-corrected chi connectivity index (χ4v) is 1.55. The van der Waals surface area contributed by atoms with Crippen LogP contribution in [0.5, 0.6) is 0 Å². The number of ether oxygens (including phenoxy) is 1. The number of anilines is 1. The Morgan fingerprint density at radius 1 is 1.25 bits per heavy atom. The average Bonchev–Trinajstić information content (AvgIpc) is 2.43. The third kappa shape index (κ3) is 3.91. The lowest BCUT2D eigenvalue weighted by atomic mass is 10.3. The van der Waals surface area contributed by atoms with Crippen molar-refractivity contribution in [2.75, 3.05) is 32.6 Å². The molecule has 0 unspecified atom stereocenters. The molecule has 20 heavy (non-hydrogen) atoms. The first kappa shape index (κ1) is 15.9. The zero-order valence-corrected chi connectivity index (χ0v) is 12.5. The minimum atomic E-state index is -0.353. The highest BCUT2D eigenvalue weighted by Crippen LogP contribution is 2.13. The van der Waals surface area contributed by atoms with Crippen molar-refractivity contribution in [1.82, 2.24) is 15.1 Å². The van der Waals surface area contributed by atoms with E-state index >= 15 is 0 Å². The van der Waals surface area contributed by atoms with Crippen molar-refractivity contribution in [2.45, 2.75) is 19.9 Å². The van der Waals surface area contributed by atoms with Crippen molar-refractivity contribution in [3.05, 3.63) is 17.8 Å². The van der Waals surface area contributed by atoms with Gasteiger partial charge < -0.3 is 14.5 Å². The zero-order valence-electron chi connectivity index (χ0n) is 12.5. The van der Waals surface area contributed by atoms with Gasteiger partial charge in [-0.3, -0.25) is 9.59 Å². The molecule has 7 heteroatoms. The molecule has 0 bridgehead atoms. The number of esters is 1. The van der Waals surface area contributed by atoms with Crippen LogP contribution in [0.25, 0.3) is 0 Å². The van der Waals surface area contributed by atoms with E-state index in [9.17, 15) is 9.59 Å². The molecule has 0 aromatic carbocycles. The third-order valence-electron chi connectivity index (χ3n) is 2.72. The summed E-state index contributed by atoms with van der Waals surface area (Å²) >= 11 is 0. The van der Waals surface area contributed by atoms with Crippen molar-refractivity contribution >= 4 is 17.7 Å². The van der Waals surface area contributed by atoms with Crippen LogP contribution in [0.2, 0.25) is 0 Å². The summed E-state index contributed by atoms with van der Waals surface area (Å²) in [6.07, 6.45) is 0. The molecule has 0 saturated carbocycles. The van der Waals surface area contributed by atoms with E-state index in [1.54, 1.807) is 31.1 Å². The van der Waals surface area contributed by atoms with Crippen LogP contribution in [0, 0.1) is 0 Å². The summed E-state index contributed by atoms with van der Waals surface area (Å²) in [5, 5.41) is 7.91. The Morgan fingerprint density at radius 3 is 2.30 bits per heavy atom. The monoisotopic (exact) mass is 280 g/mol. The molecule has 0 aliphatic rings. The lowest BCUT2D eigenvalue weighted by Gasteiger charge is -2.26. The normalized spacial score (nSPS) is 10.3. The van der Waals surface area contributed by atoms with Crippen LogP contribution in [-0.4, -0.2) is 60.8 Å². The molecule has 1 aromatic rings. The molecule has 110 valence electrons. The van der Waals surface area contributed by atoms with Gasteiger partial charge in [0, 0.05) is 20.1 Å². The predicted octanol–water partition coefficient (Wildman–Crippen LogP) is 0.566. The Balaban J connectivity index is 2.94. The Bertz CT molecular complexity index is 471. The lowest BCUT2D eigenvalue weighted by Crippen LogP contribution is -2.37. The fourth-order valence-electron chi connectivity index (χ4n) is 1.55. The number of nitrogens with zero attached hydrogens (tertiary/aromatic N) is 4. The number of aromatic nitrogens is 2. The van der Waals surface area contributed by atoms with Gasteiger partial charge in [-0.05, 0) is 26.0 Å². The van der Waals surface area contributed by atoms with E-state index in [1.807, 2.05) is 13.8 Å². The van der Waals surface area contributed by atoms with Crippen molar-refractivity contribution in [3.8, 4) is 0 Å². The van der Waals surface area contributed by atoms with E-state index < -0.39 is 0 Å². The molecular formula is C13H20N4O3. The van der Waals surface area contributed by atoms with Crippen LogP contribution in [-0.2, 0) is 9.53 Å². The number of amides is 1. The molecular weight excluding hydrogens is 260 g/mol. The number of carbonyl (C=O) groups is 2. The summed E-state index contributed by atoms with van der Waals surface area (Å²) in [6, 6.07) is 3.32. The van der Waals surface area contributed by atoms with Gasteiger partial charge in [0.1, 0.15) is 6.54 Å². The zero-order chi connectivity index (χ0) is 15.3. The number of rotatable bonds is 5. The van der Waals surface area contributed by atoms with Gasteiger partial charge in [0.25, 0.3) is 5.91 Å². The molecule has 1 heterocycles. The van der Waals surface area contributed by atoms with Gasteiger partial charge in [-0.2, -0.15) is 0 Å². The Morgan fingerprint density at radius 2 is 1.90 bits per heavy atom. The molecule has 0 atom stereocenters. The summed E-state index contributed by atoms with van der Waals surface area (Å²) in [5.41, 5.74) is 0.264. The second-order valence-corrected chi connectivity index (χ2v) is 4.77. The summed E-state index contributed by atoms with van der Waals surface area (Å²) in [5.74, 6) is -0.0391. The summed E-state index contributed by atoms with van der Waals surface area (Å²) in [4.78, 5) is 26.3. The second-order valence-electron chi connectivity index (χ2n) is 4.77.